The summed E-state index contributed by atoms with van der Waals surface area (Å²) in [6.07, 6.45) is 3.56. The van der Waals surface area contributed by atoms with E-state index in [-0.39, 0.29) is 38.2 Å². The number of rotatable bonds is 9. The number of fused-ring (bicyclic) bond motifs is 2. The standard InChI is InChI=1S/C25H29N7O5/c1-2-3-6-27-21-18-15(9-26)10-28-22(18)31-24(30-21)29-17-5-4-16(19-20(17)37-8-7-36-19)23(35)32-11-25(12-32,13-33)14-34/h4-5,10,33-34H,2-3,6-8,11-14H2,1H3,(H3,27,28,29,30,31). The number of hydrogen-bond donors (Lipinski definition) is 5. The topological polar surface area (TPSA) is 169 Å². The zero-order chi connectivity index (χ0) is 26.0. The van der Waals surface area contributed by atoms with Gasteiger partial charge in [-0.1, -0.05) is 13.3 Å². The van der Waals surface area contributed by atoms with Crippen LogP contribution in [0.2, 0.25) is 0 Å². The number of nitrogens with one attached hydrogen (secondary N) is 3. The van der Waals surface area contributed by atoms with Crippen molar-refractivity contribution in [2.75, 3.05) is 56.7 Å². The molecule has 0 atom stereocenters. The van der Waals surface area contributed by atoms with E-state index in [1.165, 1.54) is 0 Å². The molecule has 3 aromatic rings. The highest BCUT2D eigenvalue weighted by Crippen LogP contribution is 2.43. The van der Waals surface area contributed by atoms with Gasteiger partial charge in [-0.2, -0.15) is 15.2 Å². The molecule has 1 saturated heterocycles. The molecule has 194 valence electrons. The van der Waals surface area contributed by atoms with Crippen molar-refractivity contribution >= 4 is 34.4 Å². The molecule has 1 fully saturated rings. The molecule has 0 spiro atoms. The Balaban J connectivity index is 1.45. The second-order valence-electron chi connectivity index (χ2n) is 9.33. The van der Waals surface area contributed by atoms with Crippen LogP contribution in [0, 0.1) is 16.7 Å². The van der Waals surface area contributed by atoms with Crippen LogP contribution >= 0.6 is 0 Å². The molecule has 12 nitrogen and oxygen atoms in total. The number of H-pyrrole nitrogens is 1. The maximum absolute atomic E-state index is 13.2. The van der Waals surface area contributed by atoms with E-state index < -0.39 is 5.41 Å². The van der Waals surface area contributed by atoms with Crippen molar-refractivity contribution in [2.24, 2.45) is 5.41 Å². The Morgan fingerprint density at radius 2 is 1.97 bits per heavy atom. The third-order valence-corrected chi connectivity index (χ3v) is 6.65. The van der Waals surface area contributed by atoms with Gasteiger partial charge in [-0.3, -0.25) is 4.79 Å². The van der Waals surface area contributed by atoms with Gasteiger partial charge in [0, 0.05) is 25.8 Å². The summed E-state index contributed by atoms with van der Waals surface area (Å²) in [5.74, 6) is 1.26. The van der Waals surface area contributed by atoms with E-state index in [0.29, 0.717) is 64.9 Å². The number of unbranched alkanes of at least 4 members (excludes halogenated alkanes) is 1. The van der Waals surface area contributed by atoms with E-state index >= 15 is 0 Å². The normalized spacial score (nSPS) is 15.7. The van der Waals surface area contributed by atoms with E-state index in [1.54, 1.807) is 23.2 Å². The molecule has 0 radical (unpaired) electrons. The lowest BCUT2D eigenvalue weighted by Crippen LogP contribution is -2.62. The molecular formula is C25H29N7O5. The molecule has 2 aliphatic heterocycles. The third-order valence-electron chi connectivity index (χ3n) is 6.65. The summed E-state index contributed by atoms with van der Waals surface area (Å²) < 4.78 is 11.7. The lowest BCUT2D eigenvalue weighted by atomic mass is 9.81. The maximum atomic E-state index is 13.2. The summed E-state index contributed by atoms with van der Waals surface area (Å²) in [7, 11) is 0. The molecule has 5 rings (SSSR count). The number of hydrogen-bond acceptors (Lipinski definition) is 10. The van der Waals surface area contributed by atoms with Gasteiger partial charge in [-0.25, -0.2) is 0 Å². The first-order valence-electron chi connectivity index (χ1n) is 12.3. The highest BCUT2D eigenvalue weighted by atomic mass is 16.6. The number of aromatic amines is 1. The molecule has 5 N–H and O–H groups in total. The number of aliphatic hydroxyl groups excluding tert-OH is 2. The van der Waals surface area contributed by atoms with E-state index in [2.05, 4.69) is 38.6 Å². The van der Waals surface area contributed by atoms with Crippen LogP contribution < -0.4 is 20.1 Å². The Morgan fingerprint density at radius 1 is 1.22 bits per heavy atom. The molecule has 37 heavy (non-hydrogen) atoms. The Morgan fingerprint density at radius 3 is 2.68 bits per heavy atom. The Kier molecular flexibility index (Phi) is 6.73. The van der Waals surface area contributed by atoms with Crippen molar-refractivity contribution in [3.05, 3.63) is 29.5 Å². The largest absolute Gasteiger partial charge is 0.485 e. The highest BCUT2D eigenvalue weighted by Gasteiger charge is 2.45. The highest BCUT2D eigenvalue weighted by molar-refractivity contribution is 6.00. The van der Waals surface area contributed by atoms with Gasteiger partial charge in [0.15, 0.2) is 11.5 Å². The van der Waals surface area contributed by atoms with Crippen LogP contribution in [0.5, 0.6) is 11.5 Å². The predicted octanol–water partition coefficient (Wildman–Crippen LogP) is 1.98. The molecule has 1 amide bonds. The lowest BCUT2D eigenvalue weighted by molar-refractivity contribution is -0.0590. The third kappa shape index (κ3) is 4.47. The minimum absolute atomic E-state index is 0.190. The van der Waals surface area contributed by atoms with Crippen molar-refractivity contribution in [1.82, 2.24) is 19.9 Å². The number of ether oxygens (including phenoxy) is 2. The first-order valence-corrected chi connectivity index (χ1v) is 12.3. The van der Waals surface area contributed by atoms with Crippen LogP contribution in [0.15, 0.2) is 18.3 Å². The van der Waals surface area contributed by atoms with E-state index in [0.717, 1.165) is 12.8 Å². The first-order chi connectivity index (χ1) is 18.0. The minimum atomic E-state index is -0.670. The van der Waals surface area contributed by atoms with Crippen molar-refractivity contribution in [2.45, 2.75) is 19.8 Å². The van der Waals surface area contributed by atoms with Crippen molar-refractivity contribution < 1.29 is 24.5 Å². The Labute approximate surface area is 213 Å². The number of aromatic nitrogens is 3. The van der Waals surface area contributed by atoms with E-state index in [9.17, 15) is 20.3 Å². The molecule has 0 bridgehead atoms. The van der Waals surface area contributed by atoms with Crippen LogP contribution in [0.1, 0.15) is 35.7 Å². The van der Waals surface area contributed by atoms with Crippen molar-refractivity contribution in [3.63, 3.8) is 0 Å². The van der Waals surface area contributed by atoms with Crippen LogP contribution in [0.4, 0.5) is 17.5 Å². The van der Waals surface area contributed by atoms with Gasteiger partial charge in [-0.15, -0.1) is 0 Å². The average molecular weight is 508 g/mol. The molecule has 4 heterocycles. The number of amides is 1. The van der Waals surface area contributed by atoms with Crippen LogP contribution in [-0.4, -0.2) is 82.0 Å². The summed E-state index contributed by atoms with van der Waals surface area (Å²) in [6.45, 7) is 3.54. The van der Waals surface area contributed by atoms with E-state index in [4.69, 9.17) is 9.47 Å². The fraction of sp³-hybridized carbons (Fsp3) is 0.440. The molecule has 0 unspecified atom stereocenters. The SMILES string of the molecule is CCCCNc1nc(Nc2ccc(C(=O)N3CC(CO)(CO)C3)c3c2OCCO3)nc2[nH]cc(C#N)c12. The second-order valence-corrected chi connectivity index (χ2v) is 9.33. The van der Waals surface area contributed by atoms with Gasteiger partial charge < -0.3 is 40.2 Å². The van der Waals surface area contributed by atoms with Gasteiger partial charge >= 0.3 is 0 Å². The number of likely N-dealkylation sites (tertiary alicyclic amines) is 1. The molecule has 2 aliphatic rings. The fourth-order valence-corrected chi connectivity index (χ4v) is 4.54. The van der Waals surface area contributed by atoms with Gasteiger partial charge in [-0.05, 0) is 18.6 Å². The number of anilines is 3. The lowest BCUT2D eigenvalue weighted by Gasteiger charge is -2.48. The van der Waals surface area contributed by atoms with Crippen molar-refractivity contribution in [1.29, 1.82) is 5.26 Å². The summed E-state index contributed by atoms with van der Waals surface area (Å²) in [4.78, 5) is 26.9. The average Bonchev–Trinajstić information content (AvgIpc) is 3.32. The fourth-order valence-electron chi connectivity index (χ4n) is 4.54. The van der Waals surface area contributed by atoms with Crippen LogP contribution in [0.3, 0.4) is 0 Å². The smallest absolute Gasteiger partial charge is 0.257 e. The zero-order valence-electron chi connectivity index (χ0n) is 20.5. The van der Waals surface area contributed by atoms with Gasteiger partial charge in [0.05, 0.1) is 40.8 Å². The number of nitriles is 1. The maximum Gasteiger partial charge on any atom is 0.257 e. The predicted molar refractivity (Wildman–Crippen MR) is 135 cm³/mol. The van der Waals surface area contributed by atoms with Crippen LogP contribution in [-0.2, 0) is 0 Å². The second kappa shape index (κ2) is 10.1. The Bertz CT molecular complexity index is 1350. The number of nitrogens with zero attached hydrogens (tertiary/aromatic N) is 4. The molecule has 12 heteroatoms. The first kappa shape index (κ1) is 24.6. The molecule has 1 aromatic carbocycles. The Hall–Kier alpha value is -4.08. The van der Waals surface area contributed by atoms with Crippen molar-refractivity contribution in [3.8, 4) is 17.6 Å². The van der Waals surface area contributed by atoms with Crippen LogP contribution in [0.25, 0.3) is 11.0 Å². The number of aliphatic hydroxyl groups is 2. The zero-order valence-corrected chi connectivity index (χ0v) is 20.5. The summed E-state index contributed by atoms with van der Waals surface area (Å²) >= 11 is 0. The molecule has 2 aromatic heterocycles. The molecule has 0 aliphatic carbocycles. The van der Waals surface area contributed by atoms with Gasteiger partial charge in [0.25, 0.3) is 5.91 Å². The number of carbonyl (C=O) groups excluding carboxylic acids is 1. The molecule has 0 saturated carbocycles. The monoisotopic (exact) mass is 507 g/mol. The number of benzene rings is 1. The number of carbonyl (C=O) groups is 1. The summed E-state index contributed by atoms with van der Waals surface area (Å²) in [5.41, 5.74) is 1.16. The summed E-state index contributed by atoms with van der Waals surface area (Å²) in [5, 5.41) is 35.7. The quantitative estimate of drug-likeness (QED) is 0.270. The van der Waals surface area contributed by atoms with E-state index in [1.807, 2.05) is 0 Å². The molecular weight excluding hydrogens is 478 g/mol. The summed E-state index contributed by atoms with van der Waals surface area (Å²) in [6, 6.07) is 5.52. The van der Waals surface area contributed by atoms with Gasteiger partial charge in [0.1, 0.15) is 30.7 Å². The van der Waals surface area contributed by atoms with Gasteiger partial charge in [0.2, 0.25) is 5.95 Å². The minimum Gasteiger partial charge on any atom is -0.485 e.